The van der Waals surface area contributed by atoms with Gasteiger partial charge in [-0.2, -0.15) is 5.10 Å². The molecule has 0 spiro atoms. The fourth-order valence-electron chi connectivity index (χ4n) is 1.67. The van der Waals surface area contributed by atoms with Crippen molar-refractivity contribution in [1.82, 2.24) is 19.3 Å². The summed E-state index contributed by atoms with van der Waals surface area (Å²) in [5.41, 5.74) is 2.20. The Hall–Kier alpha value is -1.36. The van der Waals surface area contributed by atoms with Gasteiger partial charge in [-0.3, -0.25) is 9.25 Å². The molecule has 0 amide bonds. The average molecular weight is 236 g/mol. The van der Waals surface area contributed by atoms with Crippen LogP contribution < -0.4 is 0 Å². The maximum atomic E-state index is 5.27. The summed E-state index contributed by atoms with van der Waals surface area (Å²) >= 11 is 5.27. The highest BCUT2D eigenvalue weighted by Gasteiger charge is 2.08. The van der Waals surface area contributed by atoms with Crippen LogP contribution in [0.5, 0.6) is 0 Å². The van der Waals surface area contributed by atoms with Gasteiger partial charge in [-0.15, -0.1) is 0 Å². The lowest BCUT2D eigenvalue weighted by Gasteiger charge is -2.04. The summed E-state index contributed by atoms with van der Waals surface area (Å²) in [7, 11) is 0. The van der Waals surface area contributed by atoms with Crippen molar-refractivity contribution in [2.75, 3.05) is 0 Å². The number of nitrogens with one attached hydrogen (secondary N) is 1. The van der Waals surface area contributed by atoms with Gasteiger partial charge in [0, 0.05) is 24.1 Å². The lowest BCUT2D eigenvalue weighted by molar-refractivity contribution is 0.532. The summed E-state index contributed by atoms with van der Waals surface area (Å²) in [5.74, 6) is 0. The molecule has 2 heterocycles. The fraction of sp³-hybridized carbons (Fsp3) is 0.455. The van der Waals surface area contributed by atoms with Crippen LogP contribution in [0.1, 0.15) is 32.5 Å². The lowest BCUT2D eigenvalue weighted by atomic mass is 10.3. The normalized spacial score (nSPS) is 11.2. The van der Waals surface area contributed by atoms with E-state index >= 15 is 0 Å². The molecule has 4 nitrogen and oxygen atoms in total. The van der Waals surface area contributed by atoms with E-state index in [1.165, 1.54) is 5.69 Å². The number of hydrogen-bond acceptors (Lipinski definition) is 2. The Labute approximate surface area is 99.9 Å². The molecule has 0 radical (unpaired) electrons. The molecular weight excluding hydrogens is 220 g/mol. The quantitative estimate of drug-likeness (QED) is 0.832. The van der Waals surface area contributed by atoms with E-state index in [1.54, 1.807) is 0 Å². The number of rotatable bonds is 3. The molecule has 0 unspecified atom stereocenters. The number of hydrogen-bond donors (Lipinski definition) is 1. The van der Waals surface area contributed by atoms with Gasteiger partial charge in [-0.25, -0.2) is 0 Å². The van der Waals surface area contributed by atoms with Crippen LogP contribution in [0.25, 0.3) is 5.69 Å². The number of aromatic amines is 1. The molecule has 0 aliphatic carbocycles. The standard InChI is InChI=1S/C11H16N4S/c1-4-9-5-12-11(16)15(9)10-6-13-14(7-10)8(2)3/h5-8H,4H2,1-3H3,(H,12,16). The molecule has 2 aromatic rings. The predicted octanol–water partition coefficient (Wildman–Crippen LogP) is 2.87. The Morgan fingerprint density at radius 1 is 1.50 bits per heavy atom. The summed E-state index contributed by atoms with van der Waals surface area (Å²) in [5, 5.41) is 4.32. The summed E-state index contributed by atoms with van der Waals surface area (Å²) in [4.78, 5) is 3.07. The third-order valence-corrected chi connectivity index (χ3v) is 2.89. The minimum absolute atomic E-state index is 0.368. The first-order valence-electron chi connectivity index (χ1n) is 5.47. The van der Waals surface area contributed by atoms with Gasteiger partial charge >= 0.3 is 0 Å². The second-order valence-corrected chi connectivity index (χ2v) is 4.43. The second-order valence-electron chi connectivity index (χ2n) is 4.05. The SMILES string of the molecule is CCc1c[nH]c(=S)n1-c1cnn(C(C)C)c1. The largest absolute Gasteiger partial charge is 0.337 e. The second kappa shape index (κ2) is 4.25. The molecule has 86 valence electrons. The van der Waals surface area contributed by atoms with Crippen LogP contribution in [-0.2, 0) is 6.42 Å². The first-order chi connectivity index (χ1) is 7.63. The monoisotopic (exact) mass is 236 g/mol. The third kappa shape index (κ3) is 1.82. The Morgan fingerprint density at radius 3 is 2.81 bits per heavy atom. The van der Waals surface area contributed by atoms with Crippen LogP contribution in [0.15, 0.2) is 18.6 Å². The molecule has 0 aliphatic rings. The maximum absolute atomic E-state index is 5.27. The number of aromatic nitrogens is 4. The number of nitrogens with zero attached hydrogens (tertiary/aromatic N) is 3. The molecule has 0 bridgehead atoms. The van der Waals surface area contributed by atoms with Crippen LogP contribution in [0.4, 0.5) is 0 Å². The lowest BCUT2D eigenvalue weighted by Crippen LogP contribution is -2.01. The first kappa shape index (κ1) is 11.1. The van der Waals surface area contributed by atoms with Crippen molar-refractivity contribution in [3.8, 4) is 5.69 Å². The van der Waals surface area contributed by atoms with Gasteiger partial charge in [0.2, 0.25) is 0 Å². The Bertz CT molecular complexity index is 532. The van der Waals surface area contributed by atoms with Gasteiger partial charge in [0.15, 0.2) is 4.77 Å². The van der Waals surface area contributed by atoms with Crippen molar-refractivity contribution in [3.63, 3.8) is 0 Å². The molecule has 2 aromatic heterocycles. The number of H-pyrrole nitrogens is 1. The minimum atomic E-state index is 0.368. The van der Waals surface area contributed by atoms with E-state index in [1.807, 2.05) is 27.8 Å². The van der Waals surface area contributed by atoms with Gasteiger partial charge < -0.3 is 4.98 Å². The summed E-state index contributed by atoms with van der Waals surface area (Å²) in [6, 6.07) is 0.368. The molecule has 0 saturated carbocycles. The summed E-state index contributed by atoms with van der Waals surface area (Å²) in [6.07, 6.45) is 6.77. The Kier molecular flexibility index (Phi) is 2.96. The van der Waals surface area contributed by atoms with Crippen molar-refractivity contribution in [2.24, 2.45) is 0 Å². The van der Waals surface area contributed by atoms with Crippen LogP contribution in [0.3, 0.4) is 0 Å². The van der Waals surface area contributed by atoms with Crippen molar-refractivity contribution in [3.05, 3.63) is 29.1 Å². The molecule has 0 atom stereocenters. The molecule has 5 heteroatoms. The van der Waals surface area contributed by atoms with E-state index < -0.39 is 0 Å². The highest BCUT2D eigenvalue weighted by Crippen LogP contribution is 2.14. The zero-order chi connectivity index (χ0) is 11.7. The van der Waals surface area contributed by atoms with Gasteiger partial charge in [0.25, 0.3) is 0 Å². The number of aryl methyl sites for hydroxylation is 1. The minimum Gasteiger partial charge on any atom is -0.337 e. The highest BCUT2D eigenvalue weighted by molar-refractivity contribution is 7.71. The van der Waals surface area contributed by atoms with Gasteiger partial charge in [-0.05, 0) is 32.5 Å². The summed E-state index contributed by atoms with van der Waals surface area (Å²) in [6.45, 7) is 6.32. The highest BCUT2D eigenvalue weighted by atomic mass is 32.1. The molecule has 0 aliphatic heterocycles. The van der Waals surface area contributed by atoms with Crippen molar-refractivity contribution in [1.29, 1.82) is 0 Å². The van der Waals surface area contributed by atoms with Crippen molar-refractivity contribution in [2.45, 2.75) is 33.2 Å². The summed E-state index contributed by atoms with van der Waals surface area (Å²) < 4.78 is 4.69. The van der Waals surface area contributed by atoms with Gasteiger partial charge in [0.05, 0.1) is 11.9 Å². The molecule has 0 saturated heterocycles. The smallest absolute Gasteiger partial charge is 0.182 e. The zero-order valence-corrected chi connectivity index (χ0v) is 10.6. The predicted molar refractivity (Wildman–Crippen MR) is 66.5 cm³/mol. The molecule has 2 rings (SSSR count). The van der Waals surface area contributed by atoms with Crippen LogP contribution in [0, 0.1) is 4.77 Å². The Morgan fingerprint density at radius 2 is 2.25 bits per heavy atom. The Balaban J connectivity index is 2.50. The molecule has 0 aromatic carbocycles. The molecule has 16 heavy (non-hydrogen) atoms. The molecule has 0 fully saturated rings. The van der Waals surface area contributed by atoms with E-state index in [-0.39, 0.29) is 0 Å². The van der Waals surface area contributed by atoms with E-state index in [9.17, 15) is 0 Å². The van der Waals surface area contributed by atoms with E-state index in [4.69, 9.17) is 12.2 Å². The van der Waals surface area contributed by atoms with E-state index in [2.05, 4.69) is 30.9 Å². The van der Waals surface area contributed by atoms with Gasteiger partial charge in [-0.1, -0.05) is 6.92 Å². The van der Waals surface area contributed by atoms with Gasteiger partial charge in [0.1, 0.15) is 0 Å². The average Bonchev–Trinajstić information content (AvgIpc) is 2.83. The van der Waals surface area contributed by atoms with Crippen LogP contribution in [-0.4, -0.2) is 19.3 Å². The first-order valence-corrected chi connectivity index (χ1v) is 5.88. The van der Waals surface area contributed by atoms with Crippen molar-refractivity contribution < 1.29 is 0 Å². The molecular formula is C11H16N4S. The van der Waals surface area contributed by atoms with Crippen molar-refractivity contribution >= 4 is 12.2 Å². The maximum Gasteiger partial charge on any atom is 0.182 e. The van der Waals surface area contributed by atoms with E-state index in [0.29, 0.717) is 6.04 Å². The number of imidazole rings is 1. The topological polar surface area (TPSA) is 38.5 Å². The molecule has 1 N–H and O–H groups in total. The fourth-order valence-corrected chi connectivity index (χ4v) is 1.96. The van der Waals surface area contributed by atoms with Crippen LogP contribution >= 0.6 is 12.2 Å². The van der Waals surface area contributed by atoms with E-state index in [0.717, 1.165) is 16.9 Å². The zero-order valence-electron chi connectivity index (χ0n) is 9.77. The third-order valence-electron chi connectivity index (χ3n) is 2.59. The van der Waals surface area contributed by atoms with Crippen LogP contribution in [0.2, 0.25) is 0 Å².